The molecule has 0 aliphatic carbocycles. The second kappa shape index (κ2) is 7.02. The lowest BCUT2D eigenvalue weighted by molar-refractivity contribution is -0.166. The van der Waals surface area contributed by atoms with Crippen LogP contribution in [0.2, 0.25) is 0 Å². The number of esters is 2. The first kappa shape index (κ1) is 16.1. The molecule has 112 valence electrons. The Morgan fingerprint density at radius 3 is 2.00 bits per heavy atom. The lowest BCUT2D eigenvalue weighted by Gasteiger charge is -2.17. The Bertz CT molecular complexity index is 446. The summed E-state index contributed by atoms with van der Waals surface area (Å²) >= 11 is 0. The molecular weight excluding hydrogens is 262 g/mol. The van der Waals surface area contributed by atoms with Gasteiger partial charge in [-0.15, -0.1) is 5.10 Å². The topological polar surface area (TPSA) is 83.3 Å². The highest BCUT2D eigenvalue weighted by Crippen LogP contribution is 2.13. The number of aromatic nitrogens is 3. The fraction of sp³-hybridized carbons (Fsp3) is 0.692. The van der Waals surface area contributed by atoms with Gasteiger partial charge in [0.05, 0.1) is 17.9 Å². The first-order valence-electron chi connectivity index (χ1n) is 6.55. The summed E-state index contributed by atoms with van der Waals surface area (Å²) in [6.07, 6.45) is 1.18. The molecule has 1 aromatic heterocycles. The number of ether oxygens (including phenoxy) is 2. The molecule has 0 aliphatic rings. The molecule has 0 atom stereocenters. The van der Waals surface area contributed by atoms with Crippen molar-refractivity contribution in [2.24, 2.45) is 13.0 Å². The van der Waals surface area contributed by atoms with E-state index in [2.05, 4.69) is 10.3 Å². The normalized spacial score (nSPS) is 11.2. The summed E-state index contributed by atoms with van der Waals surface area (Å²) in [5.41, 5.74) is 0.541. The van der Waals surface area contributed by atoms with E-state index in [4.69, 9.17) is 9.47 Å². The monoisotopic (exact) mass is 283 g/mol. The average Bonchev–Trinajstić information content (AvgIpc) is 2.69. The average molecular weight is 283 g/mol. The standard InChI is InChI=1S/C13H21N3O4/c1-8(2)19-12(17)11(13(18)20-9(3)4)6-10-7-16(5)15-14-10/h7-9,11H,6H2,1-5H3. The van der Waals surface area contributed by atoms with Crippen molar-refractivity contribution in [1.82, 2.24) is 15.0 Å². The fourth-order valence-corrected chi connectivity index (χ4v) is 1.59. The van der Waals surface area contributed by atoms with Crippen LogP contribution >= 0.6 is 0 Å². The Hall–Kier alpha value is -1.92. The second-order valence-corrected chi connectivity index (χ2v) is 5.11. The third kappa shape index (κ3) is 4.99. The maximum atomic E-state index is 12.0. The molecule has 0 fully saturated rings. The molecule has 0 saturated heterocycles. The molecule has 0 amide bonds. The highest BCUT2D eigenvalue weighted by molar-refractivity contribution is 5.95. The van der Waals surface area contributed by atoms with E-state index in [-0.39, 0.29) is 18.6 Å². The molecule has 0 unspecified atom stereocenters. The number of aryl methyl sites for hydroxylation is 1. The lowest BCUT2D eigenvalue weighted by Crippen LogP contribution is -2.32. The van der Waals surface area contributed by atoms with Crippen molar-refractivity contribution in [3.8, 4) is 0 Å². The van der Waals surface area contributed by atoms with Crippen LogP contribution in [-0.2, 0) is 32.5 Å². The van der Waals surface area contributed by atoms with Gasteiger partial charge < -0.3 is 9.47 Å². The summed E-state index contributed by atoms with van der Waals surface area (Å²) in [5.74, 6) is -2.22. The molecule has 1 rings (SSSR count). The zero-order valence-corrected chi connectivity index (χ0v) is 12.5. The maximum absolute atomic E-state index is 12.0. The summed E-state index contributed by atoms with van der Waals surface area (Å²) in [7, 11) is 1.71. The molecule has 0 saturated carbocycles. The van der Waals surface area contributed by atoms with Crippen molar-refractivity contribution in [3.63, 3.8) is 0 Å². The fourth-order valence-electron chi connectivity index (χ4n) is 1.59. The van der Waals surface area contributed by atoms with Crippen LogP contribution in [0.25, 0.3) is 0 Å². The molecule has 7 heteroatoms. The highest BCUT2D eigenvalue weighted by atomic mass is 16.6. The lowest BCUT2D eigenvalue weighted by atomic mass is 10.0. The van der Waals surface area contributed by atoms with E-state index in [9.17, 15) is 9.59 Å². The van der Waals surface area contributed by atoms with E-state index in [0.29, 0.717) is 5.69 Å². The van der Waals surface area contributed by atoms with E-state index < -0.39 is 17.9 Å². The predicted octanol–water partition coefficient (Wildman–Crippen LogP) is 0.877. The summed E-state index contributed by atoms with van der Waals surface area (Å²) in [5, 5.41) is 7.65. The molecular formula is C13H21N3O4. The molecule has 0 N–H and O–H groups in total. The number of nitrogens with zero attached hydrogens (tertiary/aromatic N) is 3. The van der Waals surface area contributed by atoms with E-state index >= 15 is 0 Å². The van der Waals surface area contributed by atoms with E-state index in [1.165, 1.54) is 4.68 Å². The Labute approximate surface area is 118 Å². The number of carbonyl (C=O) groups excluding carboxylic acids is 2. The number of hydrogen-bond acceptors (Lipinski definition) is 6. The van der Waals surface area contributed by atoms with Crippen molar-refractivity contribution in [2.75, 3.05) is 0 Å². The SMILES string of the molecule is CC(C)OC(=O)C(Cc1cn(C)nn1)C(=O)OC(C)C. The van der Waals surface area contributed by atoms with Crippen molar-refractivity contribution >= 4 is 11.9 Å². The largest absolute Gasteiger partial charge is 0.462 e. The molecule has 0 aliphatic heterocycles. The van der Waals surface area contributed by atoms with Crippen LogP contribution in [-0.4, -0.2) is 39.1 Å². The van der Waals surface area contributed by atoms with Gasteiger partial charge in [0.1, 0.15) is 0 Å². The number of hydrogen-bond donors (Lipinski definition) is 0. The smallest absolute Gasteiger partial charge is 0.320 e. The van der Waals surface area contributed by atoms with Crippen LogP contribution in [0.5, 0.6) is 0 Å². The van der Waals surface area contributed by atoms with Crippen LogP contribution in [0.4, 0.5) is 0 Å². The first-order valence-corrected chi connectivity index (χ1v) is 6.55. The van der Waals surface area contributed by atoms with E-state index in [0.717, 1.165) is 0 Å². The molecule has 7 nitrogen and oxygen atoms in total. The van der Waals surface area contributed by atoms with E-state index in [1.807, 2.05) is 0 Å². The number of carbonyl (C=O) groups is 2. The molecule has 0 bridgehead atoms. The molecule has 0 spiro atoms. The summed E-state index contributed by atoms with van der Waals surface area (Å²) < 4.78 is 11.7. The van der Waals surface area contributed by atoms with Gasteiger partial charge in [0.15, 0.2) is 5.92 Å². The van der Waals surface area contributed by atoms with Crippen LogP contribution in [0.1, 0.15) is 33.4 Å². The molecule has 0 aromatic carbocycles. The van der Waals surface area contributed by atoms with Gasteiger partial charge >= 0.3 is 11.9 Å². The van der Waals surface area contributed by atoms with Gasteiger partial charge in [-0.25, -0.2) is 0 Å². The Balaban J connectivity index is 2.83. The van der Waals surface area contributed by atoms with Gasteiger partial charge in [-0.05, 0) is 27.7 Å². The van der Waals surface area contributed by atoms with Crippen molar-refractivity contribution in [3.05, 3.63) is 11.9 Å². The van der Waals surface area contributed by atoms with Crippen LogP contribution in [0.15, 0.2) is 6.20 Å². The van der Waals surface area contributed by atoms with Crippen molar-refractivity contribution in [1.29, 1.82) is 0 Å². The minimum Gasteiger partial charge on any atom is -0.462 e. The predicted molar refractivity (Wildman–Crippen MR) is 70.7 cm³/mol. The summed E-state index contributed by atoms with van der Waals surface area (Å²) in [4.78, 5) is 24.0. The van der Waals surface area contributed by atoms with Gasteiger partial charge in [0.2, 0.25) is 0 Å². The van der Waals surface area contributed by atoms with Crippen molar-refractivity contribution < 1.29 is 19.1 Å². The minimum atomic E-state index is -1.02. The van der Waals surface area contributed by atoms with Gasteiger partial charge in [0, 0.05) is 19.7 Å². The second-order valence-electron chi connectivity index (χ2n) is 5.11. The highest BCUT2D eigenvalue weighted by Gasteiger charge is 2.32. The van der Waals surface area contributed by atoms with Crippen molar-refractivity contribution in [2.45, 2.75) is 46.3 Å². The Morgan fingerprint density at radius 1 is 1.15 bits per heavy atom. The van der Waals surface area contributed by atoms with Gasteiger partial charge in [0.25, 0.3) is 0 Å². The third-order valence-electron chi connectivity index (χ3n) is 2.34. The zero-order chi connectivity index (χ0) is 15.3. The minimum absolute atomic E-state index is 0.116. The maximum Gasteiger partial charge on any atom is 0.320 e. The van der Waals surface area contributed by atoms with E-state index in [1.54, 1.807) is 40.9 Å². The Morgan fingerprint density at radius 2 is 1.65 bits per heavy atom. The molecule has 0 radical (unpaired) electrons. The van der Waals surface area contributed by atoms with Crippen LogP contribution in [0.3, 0.4) is 0 Å². The Kier molecular flexibility index (Phi) is 5.66. The van der Waals surface area contributed by atoms with Gasteiger partial charge in [-0.1, -0.05) is 5.21 Å². The first-order chi connectivity index (χ1) is 9.29. The van der Waals surface area contributed by atoms with Crippen LogP contribution in [0, 0.1) is 5.92 Å². The number of rotatable bonds is 6. The molecule has 1 aromatic rings. The van der Waals surface area contributed by atoms with Gasteiger partial charge in [-0.2, -0.15) is 0 Å². The van der Waals surface area contributed by atoms with Crippen LogP contribution < -0.4 is 0 Å². The molecule has 20 heavy (non-hydrogen) atoms. The quantitative estimate of drug-likeness (QED) is 0.569. The summed E-state index contributed by atoms with van der Waals surface area (Å²) in [6, 6.07) is 0. The summed E-state index contributed by atoms with van der Waals surface area (Å²) in [6.45, 7) is 6.91. The zero-order valence-electron chi connectivity index (χ0n) is 12.5. The van der Waals surface area contributed by atoms with Gasteiger partial charge in [-0.3, -0.25) is 14.3 Å². The molecule has 1 heterocycles. The third-order valence-corrected chi connectivity index (χ3v) is 2.34.